The van der Waals surface area contributed by atoms with E-state index in [0.717, 1.165) is 23.6 Å². The van der Waals surface area contributed by atoms with Crippen LogP contribution in [0.2, 0.25) is 5.02 Å². The van der Waals surface area contributed by atoms with Gasteiger partial charge in [-0.3, -0.25) is 0 Å². The molecule has 0 fully saturated rings. The molecule has 0 bridgehead atoms. The number of aromatic nitrogens is 2. The van der Waals surface area contributed by atoms with Crippen LogP contribution in [-0.2, 0) is 0 Å². The fourth-order valence-electron chi connectivity index (χ4n) is 2.08. The average molecular weight is 253 g/mol. The van der Waals surface area contributed by atoms with Crippen LogP contribution in [0, 0.1) is 6.92 Å². The molecule has 2 aromatic rings. The first-order chi connectivity index (χ1) is 7.99. The molecular formula is C12H17ClN4. The van der Waals surface area contributed by atoms with E-state index < -0.39 is 0 Å². The maximum absolute atomic E-state index is 6.21. The van der Waals surface area contributed by atoms with E-state index in [0.29, 0.717) is 5.02 Å². The number of imidazole rings is 1. The zero-order valence-electron chi connectivity index (χ0n) is 10.3. The Hall–Kier alpha value is -1.10. The number of nitrogens with zero attached hydrogens (tertiary/aromatic N) is 3. The Kier molecular flexibility index (Phi) is 3.38. The van der Waals surface area contributed by atoms with Crippen molar-refractivity contribution in [3.8, 4) is 0 Å². The van der Waals surface area contributed by atoms with Crippen LogP contribution >= 0.6 is 11.6 Å². The van der Waals surface area contributed by atoms with Crippen molar-refractivity contribution >= 4 is 17.2 Å². The van der Waals surface area contributed by atoms with Crippen molar-refractivity contribution in [3.63, 3.8) is 0 Å². The van der Waals surface area contributed by atoms with Crippen LogP contribution in [0.25, 0.3) is 5.65 Å². The zero-order chi connectivity index (χ0) is 12.6. The van der Waals surface area contributed by atoms with Crippen molar-refractivity contribution in [2.75, 3.05) is 20.6 Å². The Labute approximate surface area is 106 Å². The summed E-state index contributed by atoms with van der Waals surface area (Å²) in [6.45, 7) is 2.76. The van der Waals surface area contributed by atoms with Gasteiger partial charge in [0.25, 0.3) is 0 Å². The fraction of sp³-hybridized carbons (Fsp3) is 0.417. The maximum Gasteiger partial charge on any atom is 0.137 e. The molecule has 0 radical (unpaired) electrons. The Morgan fingerprint density at radius 1 is 1.47 bits per heavy atom. The number of aryl methyl sites for hydroxylation is 1. The number of pyridine rings is 1. The van der Waals surface area contributed by atoms with E-state index in [1.807, 2.05) is 43.7 Å². The molecule has 1 atom stereocenters. The SMILES string of the molecule is Cc1nc2ccc(Cl)cn2c1C(N)CN(C)C. The molecule has 0 amide bonds. The third kappa shape index (κ3) is 2.44. The molecule has 92 valence electrons. The highest BCUT2D eigenvalue weighted by molar-refractivity contribution is 6.30. The van der Waals surface area contributed by atoms with Crippen molar-refractivity contribution in [2.45, 2.75) is 13.0 Å². The highest BCUT2D eigenvalue weighted by atomic mass is 35.5. The topological polar surface area (TPSA) is 46.6 Å². The van der Waals surface area contributed by atoms with Gasteiger partial charge in [0.05, 0.1) is 22.5 Å². The lowest BCUT2D eigenvalue weighted by Gasteiger charge is -2.17. The van der Waals surface area contributed by atoms with Crippen molar-refractivity contribution in [2.24, 2.45) is 5.73 Å². The van der Waals surface area contributed by atoms with Crippen molar-refractivity contribution < 1.29 is 0 Å². The van der Waals surface area contributed by atoms with E-state index >= 15 is 0 Å². The average Bonchev–Trinajstić information content (AvgIpc) is 2.52. The normalized spacial score (nSPS) is 13.5. The molecule has 17 heavy (non-hydrogen) atoms. The standard InChI is InChI=1S/C12H17ClN4/c1-8-12(10(14)7-16(2)3)17-6-9(13)4-5-11(17)15-8/h4-6,10H,7,14H2,1-3H3. The highest BCUT2D eigenvalue weighted by Gasteiger charge is 2.16. The lowest BCUT2D eigenvalue weighted by atomic mass is 10.2. The number of rotatable bonds is 3. The Morgan fingerprint density at radius 2 is 2.18 bits per heavy atom. The van der Waals surface area contributed by atoms with Gasteiger partial charge in [0.2, 0.25) is 0 Å². The van der Waals surface area contributed by atoms with E-state index in [2.05, 4.69) is 9.88 Å². The van der Waals surface area contributed by atoms with Crippen LogP contribution < -0.4 is 5.73 Å². The molecule has 0 saturated heterocycles. The maximum atomic E-state index is 6.21. The molecule has 2 heterocycles. The second-order valence-electron chi connectivity index (χ2n) is 4.53. The van der Waals surface area contributed by atoms with Crippen LogP contribution in [0.1, 0.15) is 17.4 Å². The molecule has 0 aliphatic carbocycles. The van der Waals surface area contributed by atoms with Crippen LogP contribution in [0.4, 0.5) is 0 Å². The van der Waals surface area contributed by atoms with E-state index in [1.165, 1.54) is 0 Å². The van der Waals surface area contributed by atoms with Gasteiger partial charge in [-0.15, -0.1) is 0 Å². The summed E-state index contributed by atoms with van der Waals surface area (Å²) in [6, 6.07) is 3.67. The molecule has 5 heteroatoms. The molecule has 0 saturated carbocycles. The molecule has 0 aliphatic heterocycles. The molecule has 0 spiro atoms. The minimum absolute atomic E-state index is 0.0709. The second-order valence-corrected chi connectivity index (χ2v) is 4.96. The van der Waals surface area contributed by atoms with Crippen molar-refractivity contribution in [1.29, 1.82) is 0 Å². The van der Waals surface area contributed by atoms with Crippen LogP contribution in [0.3, 0.4) is 0 Å². The molecule has 2 N–H and O–H groups in total. The first-order valence-corrected chi connectivity index (χ1v) is 5.91. The lowest BCUT2D eigenvalue weighted by Crippen LogP contribution is -2.27. The Balaban J connectivity index is 2.51. The minimum Gasteiger partial charge on any atom is -0.322 e. The third-order valence-electron chi connectivity index (χ3n) is 2.72. The number of hydrogen-bond donors (Lipinski definition) is 1. The van der Waals surface area contributed by atoms with E-state index in [4.69, 9.17) is 17.3 Å². The Morgan fingerprint density at radius 3 is 2.82 bits per heavy atom. The minimum atomic E-state index is -0.0709. The molecule has 1 unspecified atom stereocenters. The number of fused-ring (bicyclic) bond motifs is 1. The van der Waals surface area contributed by atoms with E-state index in [-0.39, 0.29) is 6.04 Å². The van der Waals surface area contributed by atoms with Gasteiger partial charge < -0.3 is 15.0 Å². The first kappa shape index (κ1) is 12.4. The molecule has 2 aromatic heterocycles. The predicted octanol–water partition coefficient (Wildman–Crippen LogP) is 1.86. The molecular weight excluding hydrogens is 236 g/mol. The van der Waals surface area contributed by atoms with Gasteiger partial charge in [-0.2, -0.15) is 0 Å². The first-order valence-electron chi connectivity index (χ1n) is 5.53. The van der Waals surface area contributed by atoms with Gasteiger partial charge in [-0.1, -0.05) is 11.6 Å². The van der Waals surface area contributed by atoms with Crippen LogP contribution in [0.15, 0.2) is 18.3 Å². The fourth-order valence-corrected chi connectivity index (χ4v) is 2.24. The van der Waals surface area contributed by atoms with E-state index in [1.54, 1.807) is 0 Å². The summed E-state index contributed by atoms with van der Waals surface area (Å²) in [7, 11) is 4.01. The quantitative estimate of drug-likeness (QED) is 0.907. The monoisotopic (exact) mass is 252 g/mol. The summed E-state index contributed by atoms with van der Waals surface area (Å²) in [5.41, 5.74) is 9.08. The molecule has 0 aliphatic rings. The van der Waals surface area contributed by atoms with E-state index in [9.17, 15) is 0 Å². The summed E-state index contributed by atoms with van der Waals surface area (Å²) in [4.78, 5) is 6.55. The van der Waals surface area contributed by atoms with Crippen molar-refractivity contribution in [3.05, 3.63) is 34.7 Å². The zero-order valence-corrected chi connectivity index (χ0v) is 11.1. The van der Waals surface area contributed by atoms with Gasteiger partial charge >= 0.3 is 0 Å². The number of halogens is 1. The lowest BCUT2D eigenvalue weighted by molar-refractivity contribution is 0.372. The highest BCUT2D eigenvalue weighted by Crippen LogP contribution is 2.20. The van der Waals surface area contributed by atoms with Gasteiger partial charge in [-0.25, -0.2) is 4.98 Å². The van der Waals surface area contributed by atoms with Crippen LogP contribution in [0.5, 0.6) is 0 Å². The molecule has 4 nitrogen and oxygen atoms in total. The van der Waals surface area contributed by atoms with Crippen molar-refractivity contribution in [1.82, 2.24) is 14.3 Å². The summed E-state index contributed by atoms with van der Waals surface area (Å²) < 4.78 is 1.98. The Bertz CT molecular complexity index is 533. The third-order valence-corrected chi connectivity index (χ3v) is 2.94. The number of hydrogen-bond acceptors (Lipinski definition) is 3. The summed E-state index contributed by atoms with van der Waals surface area (Å²) >= 11 is 6.01. The molecule has 0 aromatic carbocycles. The van der Waals surface area contributed by atoms with Gasteiger partial charge in [0.1, 0.15) is 5.65 Å². The number of nitrogens with two attached hydrogens (primary N) is 1. The van der Waals surface area contributed by atoms with Crippen LogP contribution in [-0.4, -0.2) is 34.9 Å². The summed E-state index contributed by atoms with van der Waals surface area (Å²) in [6.07, 6.45) is 1.86. The predicted molar refractivity (Wildman–Crippen MR) is 70.4 cm³/mol. The smallest absolute Gasteiger partial charge is 0.137 e. The summed E-state index contributed by atoms with van der Waals surface area (Å²) in [5.74, 6) is 0. The van der Waals surface area contributed by atoms with Gasteiger partial charge in [-0.05, 0) is 33.2 Å². The second kappa shape index (κ2) is 4.64. The molecule has 2 rings (SSSR count). The van der Waals surface area contributed by atoms with Gasteiger partial charge in [0, 0.05) is 12.7 Å². The largest absolute Gasteiger partial charge is 0.322 e. The summed E-state index contributed by atoms with van der Waals surface area (Å²) in [5, 5.41) is 0.688. The van der Waals surface area contributed by atoms with Gasteiger partial charge in [0.15, 0.2) is 0 Å². The number of likely N-dealkylation sites (N-methyl/N-ethyl adjacent to an activating group) is 1.